The highest BCUT2D eigenvalue weighted by molar-refractivity contribution is 5.94. The Bertz CT molecular complexity index is 987. The van der Waals surface area contributed by atoms with Crippen LogP contribution in [-0.4, -0.2) is 46.9 Å². The molecule has 33 heavy (non-hydrogen) atoms. The van der Waals surface area contributed by atoms with Crippen molar-refractivity contribution in [3.63, 3.8) is 0 Å². The van der Waals surface area contributed by atoms with Crippen LogP contribution in [0.15, 0.2) is 42.5 Å². The second kappa shape index (κ2) is 12.4. The van der Waals surface area contributed by atoms with E-state index in [1.165, 1.54) is 12.1 Å². The van der Waals surface area contributed by atoms with Crippen LogP contribution in [0.2, 0.25) is 0 Å². The van der Waals surface area contributed by atoms with Gasteiger partial charge in [0.1, 0.15) is 12.0 Å². The lowest BCUT2D eigenvalue weighted by molar-refractivity contribution is -0.138. The third kappa shape index (κ3) is 8.07. The molecular weight excluding hydrogens is 424 g/mol. The summed E-state index contributed by atoms with van der Waals surface area (Å²) in [5, 5.41) is 23.8. The van der Waals surface area contributed by atoms with E-state index in [2.05, 4.69) is 10.6 Å². The Morgan fingerprint density at radius 2 is 1.70 bits per heavy atom. The molecule has 2 amide bonds. The molecule has 4 N–H and O–H groups in total. The van der Waals surface area contributed by atoms with Gasteiger partial charge in [-0.05, 0) is 67.6 Å². The summed E-state index contributed by atoms with van der Waals surface area (Å²) in [6.45, 7) is 4.37. The summed E-state index contributed by atoms with van der Waals surface area (Å²) < 4.78 is 0. The molecule has 2 aromatic carbocycles. The Morgan fingerprint density at radius 3 is 2.30 bits per heavy atom. The van der Waals surface area contributed by atoms with Crippen molar-refractivity contribution in [3.05, 3.63) is 64.7 Å². The number of carboxylic acid groups (broad SMARTS) is 1. The molecule has 2 rings (SSSR count). The number of carboxylic acids is 1. The maximum absolute atomic E-state index is 12.8. The number of aromatic hydroxyl groups is 1. The molecule has 0 spiro atoms. The average molecular weight is 455 g/mol. The maximum Gasteiger partial charge on any atom is 0.305 e. The van der Waals surface area contributed by atoms with Gasteiger partial charge in [-0.3, -0.25) is 14.4 Å². The van der Waals surface area contributed by atoms with Gasteiger partial charge in [-0.25, -0.2) is 0 Å². The van der Waals surface area contributed by atoms with E-state index in [4.69, 9.17) is 5.11 Å². The monoisotopic (exact) mass is 454 g/mol. The highest BCUT2D eigenvalue weighted by Crippen LogP contribution is 2.24. The number of phenolic OH excluding ortho intramolecular Hbond substituents is 1. The molecular formula is C25H30N2O6. The SMILES string of the molecule is Cc1ccc(C(=O)NCCCCC(C(=O)NC(C=O)CC(=O)O)c2ccc(O)cc2)cc1C. The second-order valence-electron chi connectivity index (χ2n) is 8.04. The lowest BCUT2D eigenvalue weighted by atomic mass is 9.92. The second-order valence-corrected chi connectivity index (χ2v) is 8.04. The fraction of sp³-hybridized carbons (Fsp3) is 0.360. The van der Waals surface area contributed by atoms with E-state index in [0.29, 0.717) is 43.2 Å². The van der Waals surface area contributed by atoms with Crippen LogP contribution in [0.5, 0.6) is 5.75 Å². The van der Waals surface area contributed by atoms with Crippen LogP contribution in [0.4, 0.5) is 0 Å². The molecule has 2 aromatic rings. The Kier molecular flexibility index (Phi) is 9.60. The minimum Gasteiger partial charge on any atom is -0.508 e. The number of rotatable bonds is 12. The predicted octanol–water partition coefficient (Wildman–Crippen LogP) is 2.85. The normalized spacial score (nSPS) is 12.4. The zero-order valence-electron chi connectivity index (χ0n) is 18.8. The number of amides is 2. The molecule has 0 aliphatic carbocycles. The van der Waals surface area contributed by atoms with Gasteiger partial charge < -0.3 is 25.6 Å². The smallest absolute Gasteiger partial charge is 0.305 e. The fourth-order valence-electron chi connectivity index (χ4n) is 3.42. The Balaban J connectivity index is 1.94. The molecule has 0 aromatic heterocycles. The number of hydrogen-bond donors (Lipinski definition) is 4. The largest absolute Gasteiger partial charge is 0.508 e. The number of nitrogens with one attached hydrogen (secondary N) is 2. The molecule has 0 aliphatic heterocycles. The van der Waals surface area contributed by atoms with Crippen LogP contribution in [0.1, 0.15) is 58.6 Å². The molecule has 0 heterocycles. The third-order valence-corrected chi connectivity index (χ3v) is 5.47. The fourth-order valence-corrected chi connectivity index (χ4v) is 3.42. The lowest BCUT2D eigenvalue weighted by Gasteiger charge is -2.20. The number of aryl methyl sites for hydroxylation is 2. The number of phenols is 1. The predicted molar refractivity (Wildman–Crippen MR) is 123 cm³/mol. The first-order valence-corrected chi connectivity index (χ1v) is 10.8. The van der Waals surface area contributed by atoms with Gasteiger partial charge in [0.05, 0.1) is 18.4 Å². The summed E-state index contributed by atoms with van der Waals surface area (Å²) in [6.07, 6.45) is 1.57. The van der Waals surface area contributed by atoms with E-state index in [0.717, 1.165) is 11.1 Å². The van der Waals surface area contributed by atoms with Crippen LogP contribution >= 0.6 is 0 Å². The molecule has 2 unspecified atom stereocenters. The number of aldehydes is 1. The molecule has 0 radical (unpaired) electrons. The first-order valence-electron chi connectivity index (χ1n) is 10.8. The first-order chi connectivity index (χ1) is 15.7. The van der Waals surface area contributed by atoms with Crippen LogP contribution < -0.4 is 10.6 Å². The molecule has 2 atom stereocenters. The van der Waals surface area contributed by atoms with Crippen molar-refractivity contribution in [2.24, 2.45) is 0 Å². The molecule has 0 bridgehead atoms. The molecule has 8 nitrogen and oxygen atoms in total. The Hall–Kier alpha value is -3.68. The standard InChI is InChI=1S/C25H30N2O6/c1-16-6-7-19(13-17(16)2)24(32)26-12-4-3-5-22(18-8-10-21(29)11-9-18)25(33)27-20(15-28)14-23(30)31/h6-11,13,15,20,22,29H,3-5,12,14H2,1-2H3,(H,26,32)(H,27,33)(H,30,31). The van der Waals surface area contributed by atoms with Crippen LogP contribution in [-0.2, 0) is 14.4 Å². The maximum atomic E-state index is 12.8. The van der Waals surface area contributed by atoms with Crippen LogP contribution in [0.25, 0.3) is 0 Å². The molecule has 0 saturated heterocycles. The van der Waals surface area contributed by atoms with Crippen molar-refractivity contribution in [3.8, 4) is 5.75 Å². The molecule has 0 saturated carbocycles. The minimum absolute atomic E-state index is 0.0589. The van der Waals surface area contributed by atoms with Gasteiger partial charge in [0.25, 0.3) is 5.91 Å². The van der Waals surface area contributed by atoms with Gasteiger partial charge >= 0.3 is 5.97 Å². The molecule has 0 fully saturated rings. The average Bonchev–Trinajstić information content (AvgIpc) is 2.77. The number of carbonyl (C=O) groups excluding carboxylic acids is 3. The molecule has 0 aliphatic rings. The van der Waals surface area contributed by atoms with Crippen molar-refractivity contribution < 1.29 is 29.4 Å². The van der Waals surface area contributed by atoms with Crippen LogP contribution in [0.3, 0.4) is 0 Å². The van der Waals surface area contributed by atoms with Gasteiger partial charge in [0.15, 0.2) is 0 Å². The van der Waals surface area contributed by atoms with Crippen molar-refractivity contribution in [2.45, 2.75) is 51.5 Å². The van der Waals surface area contributed by atoms with Gasteiger partial charge in [0, 0.05) is 12.1 Å². The van der Waals surface area contributed by atoms with E-state index >= 15 is 0 Å². The topological polar surface area (TPSA) is 133 Å². The van der Waals surface area contributed by atoms with Crippen molar-refractivity contribution >= 4 is 24.1 Å². The van der Waals surface area contributed by atoms with Gasteiger partial charge in [-0.15, -0.1) is 0 Å². The van der Waals surface area contributed by atoms with Crippen molar-refractivity contribution in [1.82, 2.24) is 10.6 Å². The van der Waals surface area contributed by atoms with Gasteiger partial charge in [-0.2, -0.15) is 0 Å². The highest BCUT2D eigenvalue weighted by Gasteiger charge is 2.24. The van der Waals surface area contributed by atoms with Gasteiger partial charge in [0.2, 0.25) is 5.91 Å². The lowest BCUT2D eigenvalue weighted by Crippen LogP contribution is -2.40. The number of unbranched alkanes of at least 4 members (excludes halogenated alkanes) is 1. The Labute approximate surface area is 193 Å². The highest BCUT2D eigenvalue weighted by atomic mass is 16.4. The number of aliphatic carboxylic acids is 1. The van der Waals surface area contributed by atoms with E-state index in [1.807, 2.05) is 26.0 Å². The van der Waals surface area contributed by atoms with Crippen molar-refractivity contribution in [1.29, 1.82) is 0 Å². The van der Waals surface area contributed by atoms with Crippen molar-refractivity contribution in [2.75, 3.05) is 6.54 Å². The summed E-state index contributed by atoms with van der Waals surface area (Å²) in [5.41, 5.74) is 3.40. The summed E-state index contributed by atoms with van der Waals surface area (Å²) >= 11 is 0. The van der Waals surface area contributed by atoms with E-state index < -0.39 is 30.3 Å². The summed E-state index contributed by atoms with van der Waals surface area (Å²) in [4.78, 5) is 47.2. The zero-order chi connectivity index (χ0) is 24.4. The Morgan fingerprint density at radius 1 is 1.00 bits per heavy atom. The summed E-state index contributed by atoms with van der Waals surface area (Å²) in [5.74, 6) is -2.37. The third-order valence-electron chi connectivity index (χ3n) is 5.47. The quantitative estimate of drug-likeness (QED) is 0.288. The number of hydrogen-bond acceptors (Lipinski definition) is 5. The van der Waals surface area contributed by atoms with Gasteiger partial charge in [-0.1, -0.05) is 24.6 Å². The number of benzene rings is 2. The first kappa shape index (κ1) is 25.6. The minimum atomic E-state index is -1.19. The zero-order valence-corrected chi connectivity index (χ0v) is 18.8. The van der Waals surface area contributed by atoms with E-state index in [9.17, 15) is 24.3 Å². The molecule has 176 valence electrons. The summed E-state index contributed by atoms with van der Waals surface area (Å²) in [6, 6.07) is 10.6. The summed E-state index contributed by atoms with van der Waals surface area (Å²) in [7, 11) is 0. The van der Waals surface area contributed by atoms with E-state index in [-0.39, 0.29) is 11.7 Å². The van der Waals surface area contributed by atoms with Crippen LogP contribution in [0, 0.1) is 13.8 Å². The molecule has 8 heteroatoms. The van der Waals surface area contributed by atoms with E-state index in [1.54, 1.807) is 18.2 Å². The number of carbonyl (C=O) groups is 4.